The summed E-state index contributed by atoms with van der Waals surface area (Å²) in [6.45, 7) is 3.31. The molecule has 6 heteroatoms. The minimum Gasteiger partial charge on any atom is -0.355 e. The van der Waals surface area contributed by atoms with Crippen LogP contribution in [-0.4, -0.2) is 37.0 Å². The van der Waals surface area contributed by atoms with Gasteiger partial charge in [0.15, 0.2) is 0 Å². The monoisotopic (exact) mass is 313 g/mol. The van der Waals surface area contributed by atoms with Crippen LogP contribution in [0.25, 0.3) is 0 Å². The number of nitrogens with zero attached hydrogens (tertiary/aromatic N) is 1. The molecular weight excluding hydrogens is 293 g/mol. The highest BCUT2D eigenvalue weighted by Gasteiger charge is 2.25. The number of nitrogens with two attached hydrogens (primary N) is 1. The number of piperidine rings is 1. The fraction of sp³-hybridized carbons (Fsp3) is 0.533. The number of amides is 1. The molecule has 0 bridgehead atoms. The lowest BCUT2D eigenvalue weighted by Gasteiger charge is -2.32. The molecule has 1 saturated heterocycles. The third kappa shape index (κ3) is 4.66. The molecule has 1 fully saturated rings. The van der Waals surface area contributed by atoms with Gasteiger partial charge in [-0.15, -0.1) is 0 Å². The van der Waals surface area contributed by atoms with Crippen LogP contribution in [0.2, 0.25) is 5.02 Å². The number of halogens is 2. The summed E-state index contributed by atoms with van der Waals surface area (Å²) in [6, 6.07) is 4.77. The van der Waals surface area contributed by atoms with E-state index in [0.29, 0.717) is 26.2 Å². The van der Waals surface area contributed by atoms with E-state index in [-0.39, 0.29) is 16.8 Å². The van der Waals surface area contributed by atoms with E-state index in [4.69, 9.17) is 17.3 Å². The van der Waals surface area contributed by atoms with E-state index < -0.39 is 5.82 Å². The maximum Gasteiger partial charge on any atom is 0.224 e. The lowest BCUT2D eigenvalue weighted by atomic mass is 9.96. The average molecular weight is 314 g/mol. The van der Waals surface area contributed by atoms with Gasteiger partial charge < -0.3 is 11.1 Å². The van der Waals surface area contributed by atoms with Crippen molar-refractivity contribution in [3.05, 3.63) is 34.6 Å². The Labute approximate surface area is 129 Å². The van der Waals surface area contributed by atoms with Crippen molar-refractivity contribution in [1.29, 1.82) is 0 Å². The van der Waals surface area contributed by atoms with Gasteiger partial charge in [0, 0.05) is 26.2 Å². The van der Waals surface area contributed by atoms with Gasteiger partial charge in [0.2, 0.25) is 5.91 Å². The molecule has 1 aromatic rings. The summed E-state index contributed by atoms with van der Waals surface area (Å²) >= 11 is 5.80. The summed E-state index contributed by atoms with van der Waals surface area (Å²) in [5, 5.41) is 2.98. The molecule has 1 amide bonds. The zero-order valence-corrected chi connectivity index (χ0v) is 12.7. The van der Waals surface area contributed by atoms with Gasteiger partial charge in [0.1, 0.15) is 5.82 Å². The molecule has 2 rings (SSSR count). The minimum atomic E-state index is -0.405. The number of benzene rings is 1. The molecule has 1 unspecified atom stereocenters. The Morgan fingerprint density at radius 3 is 3.05 bits per heavy atom. The summed E-state index contributed by atoms with van der Waals surface area (Å²) in [5.41, 5.74) is 6.36. The number of rotatable bonds is 5. The molecule has 4 nitrogen and oxygen atoms in total. The smallest absolute Gasteiger partial charge is 0.224 e. The molecule has 3 N–H and O–H groups in total. The fourth-order valence-electron chi connectivity index (χ4n) is 2.65. The topological polar surface area (TPSA) is 58.4 Å². The van der Waals surface area contributed by atoms with E-state index in [0.717, 1.165) is 24.9 Å². The maximum absolute atomic E-state index is 13.2. The second-order valence-electron chi connectivity index (χ2n) is 5.40. The Morgan fingerprint density at radius 1 is 1.52 bits per heavy atom. The van der Waals surface area contributed by atoms with Crippen LogP contribution < -0.4 is 11.1 Å². The van der Waals surface area contributed by atoms with E-state index in [1.165, 1.54) is 6.07 Å². The Hall–Kier alpha value is -1.17. The summed E-state index contributed by atoms with van der Waals surface area (Å²) in [6.07, 6.45) is 1.88. The number of carbonyl (C=O) groups is 1. The van der Waals surface area contributed by atoms with Gasteiger partial charge in [-0.2, -0.15) is 0 Å². The molecule has 1 heterocycles. The first kappa shape index (κ1) is 16.2. The van der Waals surface area contributed by atoms with Crippen molar-refractivity contribution < 1.29 is 9.18 Å². The second-order valence-corrected chi connectivity index (χ2v) is 5.81. The molecule has 21 heavy (non-hydrogen) atoms. The lowest BCUT2D eigenvalue weighted by molar-refractivity contribution is -0.126. The number of nitrogens with one attached hydrogen (secondary N) is 1. The molecule has 1 aliphatic rings. The second kappa shape index (κ2) is 7.73. The van der Waals surface area contributed by atoms with Crippen molar-refractivity contribution >= 4 is 17.5 Å². The molecule has 0 aliphatic carbocycles. The highest BCUT2D eigenvalue weighted by Crippen LogP contribution is 2.21. The lowest BCUT2D eigenvalue weighted by Crippen LogP contribution is -2.43. The standard InChI is InChI=1S/C15H21ClFN3O/c16-13-8-11(3-4-14(13)17)9-20-7-1-2-12(10-20)15(21)19-6-5-18/h3-4,8,12H,1-2,5-7,9-10,18H2,(H,19,21). The zero-order chi connectivity index (χ0) is 15.2. The predicted octanol–water partition coefficient (Wildman–Crippen LogP) is 1.77. The highest BCUT2D eigenvalue weighted by molar-refractivity contribution is 6.30. The molecule has 0 saturated carbocycles. The first-order valence-corrected chi connectivity index (χ1v) is 7.62. The number of carbonyl (C=O) groups excluding carboxylic acids is 1. The van der Waals surface area contributed by atoms with Crippen LogP contribution in [0.5, 0.6) is 0 Å². The molecule has 0 spiro atoms. The number of likely N-dealkylation sites (tertiary alicyclic amines) is 1. The molecular formula is C15H21ClFN3O. The van der Waals surface area contributed by atoms with Crippen molar-refractivity contribution in [2.45, 2.75) is 19.4 Å². The van der Waals surface area contributed by atoms with Crippen LogP contribution in [-0.2, 0) is 11.3 Å². The molecule has 116 valence electrons. The Balaban J connectivity index is 1.91. The fourth-order valence-corrected chi connectivity index (χ4v) is 2.85. The van der Waals surface area contributed by atoms with Gasteiger partial charge >= 0.3 is 0 Å². The van der Waals surface area contributed by atoms with E-state index in [1.807, 2.05) is 0 Å². The SMILES string of the molecule is NCCNC(=O)C1CCCN(Cc2ccc(F)c(Cl)c2)C1. The third-order valence-electron chi connectivity index (χ3n) is 3.71. The van der Waals surface area contributed by atoms with Crippen LogP contribution in [0.4, 0.5) is 4.39 Å². The van der Waals surface area contributed by atoms with E-state index in [2.05, 4.69) is 10.2 Å². The highest BCUT2D eigenvalue weighted by atomic mass is 35.5. The molecule has 1 aromatic carbocycles. The van der Waals surface area contributed by atoms with Crippen LogP contribution in [0.15, 0.2) is 18.2 Å². The van der Waals surface area contributed by atoms with Crippen LogP contribution >= 0.6 is 11.6 Å². The summed E-state index contributed by atoms with van der Waals surface area (Å²) in [5.74, 6) is -0.332. The quantitative estimate of drug-likeness (QED) is 0.871. The predicted molar refractivity (Wildman–Crippen MR) is 81.5 cm³/mol. The Morgan fingerprint density at radius 2 is 2.33 bits per heavy atom. The van der Waals surface area contributed by atoms with E-state index in [9.17, 15) is 9.18 Å². The van der Waals surface area contributed by atoms with Crippen LogP contribution in [0.1, 0.15) is 18.4 Å². The van der Waals surface area contributed by atoms with Crippen molar-refractivity contribution in [2.24, 2.45) is 11.7 Å². The Kier molecular flexibility index (Phi) is 5.96. The minimum absolute atomic E-state index is 0.00113. The van der Waals surface area contributed by atoms with E-state index in [1.54, 1.807) is 12.1 Å². The van der Waals surface area contributed by atoms with Gasteiger partial charge in [-0.05, 0) is 37.1 Å². The van der Waals surface area contributed by atoms with E-state index >= 15 is 0 Å². The number of hydrogen-bond donors (Lipinski definition) is 2. The molecule has 0 aromatic heterocycles. The van der Waals surface area contributed by atoms with Crippen LogP contribution in [0, 0.1) is 11.7 Å². The average Bonchev–Trinajstić information content (AvgIpc) is 2.49. The summed E-state index contributed by atoms with van der Waals surface area (Å²) in [4.78, 5) is 14.2. The molecule has 1 aliphatic heterocycles. The zero-order valence-electron chi connectivity index (χ0n) is 11.9. The van der Waals surface area contributed by atoms with Gasteiger partial charge in [-0.1, -0.05) is 17.7 Å². The molecule has 1 atom stereocenters. The summed E-state index contributed by atoms with van der Waals surface area (Å²) < 4.78 is 13.2. The van der Waals surface area contributed by atoms with Crippen molar-refractivity contribution in [3.8, 4) is 0 Å². The maximum atomic E-state index is 13.2. The van der Waals surface area contributed by atoms with Crippen LogP contribution in [0.3, 0.4) is 0 Å². The van der Waals surface area contributed by atoms with Gasteiger partial charge in [-0.25, -0.2) is 4.39 Å². The normalized spacial score (nSPS) is 19.5. The van der Waals surface area contributed by atoms with Crippen molar-refractivity contribution in [3.63, 3.8) is 0 Å². The van der Waals surface area contributed by atoms with Gasteiger partial charge in [0.05, 0.1) is 10.9 Å². The first-order chi connectivity index (χ1) is 10.1. The summed E-state index contributed by atoms with van der Waals surface area (Å²) in [7, 11) is 0. The number of hydrogen-bond acceptors (Lipinski definition) is 3. The van der Waals surface area contributed by atoms with Gasteiger partial charge in [0.25, 0.3) is 0 Å². The van der Waals surface area contributed by atoms with Crippen molar-refractivity contribution in [1.82, 2.24) is 10.2 Å². The first-order valence-electron chi connectivity index (χ1n) is 7.24. The third-order valence-corrected chi connectivity index (χ3v) is 4.00. The Bertz CT molecular complexity index is 498. The van der Waals surface area contributed by atoms with Crippen molar-refractivity contribution in [2.75, 3.05) is 26.2 Å². The largest absolute Gasteiger partial charge is 0.355 e. The van der Waals surface area contributed by atoms with Gasteiger partial charge in [-0.3, -0.25) is 9.69 Å². The molecule has 0 radical (unpaired) electrons.